The van der Waals surface area contributed by atoms with Crippen LogP contribution in [0.25, 0.3) is 0 Å². The zero-order valence-corrected chi connectivity index (χ0v) is 15.8. The zero-order valence-electron chi connectivity index (χ0n) is 15.0. The summed E-state index contributed by atoms with van der Waals surface area (Å²) in [6, 6.07) is 0.881. The third-order valence-corrected chi connectivity index (χ3v) is 6.27. The second kappa shape index (κ2) is 6.76. The lowest BCUT2D eigenvalue weighted by molar-refractivity contribution is 0.103. The third kappa shape index (κ3) is 2.99. The van der Waals surface area contributed by atoms with Crippen molar-refractivity contribution in [1.82, 2.24) is 9.78 Å². The molecule has 1 aromatic carbocycles. The number of carbonyl (C=O) groups excluding carboxylic acids is 1. The summed E-state index contributed by atoms with van der Waals surface area (Å²) in [5, 5.41) is 17.8. The molecule has 0 saturated carbocycles. The number of nitrogens with zero attached hydrogens (tertiary/aromatic N) is 3. The first kappa shape index (κ1) is 19.0. The predicted molar refractivity (Wildman–Crippen MR) is 94.4 cm³/mol. The van der Waals surface area contributed by atoms with E-state index in [1.807, 2.05) is 0 Å². The number of hydrogen-bond donors (Lipinski definition) is 1. The summed E-state index contributed by atoms with van der Waals surface area (Å²) in [5.41, 5.74) is 0.371. The number of aromatic hydroxyl groups is 1. The highest BCUT2D eigenvalue weighted by Crippen LogP contribution is 2.34. The second-order valence-corrected chi connectivity index (χ2v) is 8.10. The van der Waals surface area contributed by atoms with Gasteiger partial charge in [0.05, 0.1) is 17.7 Å². The molecule has 1 aliphatic rings. The Labute approximate surface area is 155 Å². The van der Waals surface area contributed by atoms with E-state index < -0.39 is 26.3 Å². The Morgan fingerprint density at radius 2 is 2.15 bits per heavy atom. The molecule has 1 aromatic heterocycles. The highest BCUT2D eigenvalue weighted by Gasteiger charge is 2.35. The Morgan fingerprint density at radius 3 is 2.74 bits per heavy atom. The van der Waals surface area contributed by atoms with E-state index in [0.29, 0.717) is 6.54 Å². The average molecular weight is 395 g/mol. The number of benzene rings is 1. The highest BCUT2D eigenvalue weighted by molar-refractivity contribution is 7.91. The molecule has 0 atom stereocenters. The van der Waals surface area contributed by atoms with Crippen LogP contribution in [-0.4, -0.2) is 47.7 Å². The van der Waals surface area contributed by atoms with E-state index in [1.54, 1.807) is 6.92 Å². The molecule has 0 aliphatic carbocycles. The lowest BCUT2D eigenvalue weighted by atomic mass is 9.93. The van der Waals surface area contributed by atoms with Crippen molar-refractivity contribution < 1.29 is 27.5 Å². The number of rotatable bonds is 4. The van der Waals surface area contributed by atoms with Gasteiger partial charge in [0.25, 0.3) is 0 Å². The zero-order chi connectivity index (χ0) is 19.9. The molecule has 0 spiro atoms. The molecule has 10 heteroatoms. The van der Waals surface area contributed by atoms with Gasteiger partial charge in [-0.05, 0) is 25.5 Å². The van der Waals surface area contributed by atoms with E-state index >= 15 is 0 Å². The number of aromatic nitrogens is 2. The SMILES string of the molecule is CCn1ncc(C(=O)c2cc(F)c3c(c2C)/C(=N/OC)CCS3(=O)=O)c1O. The van der Waals surface area contributed by atoms with Crippen LogP contribution in [0, 0.1) is 12.7 Å². The van der Waals surface area contributed by atoms with Crippen LogP contribution in [0.15, 0.2) is 22.3 Å². The van der Waals surface area contributed by atoms with Crippen molar-refractivity contribution in [3.05, 3.63) is 40.3 Å². The summed E-state index contributed by atoms with van der Waals surface area (Å²) in [7, 11) is -2.55. The Kier molecular flexibility index (Phi) is 4.77. The van der Waals surface area contributed by atoms with Gasteiger partial charge in [0.15, 0.2) is 15.6 Å². The molecular formula is C17H18FN3O5S. The maximum absolute atomic E-state index is 14.8. The monoisotopic (exact) mass is 395 g/mol. The van der Waals surface area contributed by atoms with Gasteiger partial charge in [0.1, 0.15) is 23.4 Å². The van der Waals surface area contributed by atoms with E-state index in [4.69, 9.17) is 4.84 Å². The van der Waals surface area contributed by atoms with Crippen LogP contribution < -0.4 is 0 Å². The van der Waals surface area contributed by atoms with Crippen molar-refractivity contribution in [2.75, 3.05) is 12.9 Å². The largest absolute Gasteiger partial charge is 0.493 e. The molecule has 144 valence electrons. The number of aryl methyl sites for hydroxylation is 1. The number of hydrogen-bond acceptors (Lipinski definition) is 7. The molecule has 0 bridgehead atoms. The molecular weight excluding hydrogens is 377 g/mol. The number of oxime groups is 1. The van der Waals surface area contributed by atoms with Crippen molar-refractivity contribution in [3.8, 4) is 5.88 Å². The molecule has 0 radical (unpaired) electrons. The van der Waals surface area contributed by atoms with Crippen LogP contribution in [0.2, 0.25) is 0 Å². The van der Waals surface area contributed by atoms with Crippen LogP contribution in [0.1, 0.15) is 40.4 Å². The number of halogens is 1. The third-order valence-electron chi connectivity index (χ3n) is 4.50. The fourth-order valence-corrected chi connectivity index (χ4v) is 4.79. The number of sulfone groups is 1. The first-order valence-corrected chi connectivity index (χ1v) is 9.83. The number of ketones is 1. The smallest absolute Gasteiger partial charge is 0.220 e. The van der Waals surface area contributed by atoms with E-state index in [0.717, 1.165) is 6.07 Å². The maximum Gasteiger partial charge on any atom is 0.220 e. The minimum absolute atomic E-state index is 0.0359. The van der Waals surface area contributed by atoms with Gasteiger partial charge in [-0.3, -0.25) is 4.79 Å². The van der Waals surface area contributed by atoms with Gasteiger partial charge in [-0.25, -0.2) is 17.5 Å². The van der Waals surface area contributed by atoms with Crippen LogP contribution >= 0.6 is 0 Å². The lowest BCUT2D eigenvalue weighted by Crippen LogP contribution is -2.26. The Hall–Kier alpha value is -2.75. The van der Waals surface area contributed by atoms with Gasteiger partial charge in [-0.15, -0.1) is 0 Å². The highest BCUT2D eigenvalue weighted by atomic mass is 32.2. The molecule has 0 amide bonds. The summed E-state index contributed by atoms with van der Waals surface area (Å²) < 4.78 is 40.7. The molecule has 8 nitrogen and oxygen atoms in total. The quantitative estimate of drug-likeness (QED) is 0.624. The van der Waals surface area contributed by atoms with Crippen molar-refractivity contribution in [3.63, 3.8) is 0 Å². The molecule has 0 saturated heterocycles. The van der Waals surface area contributed by atoms with E-state index in [9.17, 15) is 22.7 Å². The van der Waals surface area contributed by atoms with Crippen molar-refractivity contribution in [1.29, 1.82) is 0 Å². The van der Waals surface area contributed by atoms with Gasteiger partial charge in [-0.2, -0.15) is 5.10 Å². The van der Waals surface area contributed by atoms with Crippen LogP contribution in [0.5, 0.6) is 5.88 Å². The van der Waals surface area contributed by atoms with E-state index in [2.05, 4.69) is 10.3 Å². The molecule has 1 N–H and O–H groups in total. The number of fused-ring (bicyclic) bond motifs is 1. The fraction of sp³-hybridized carbons (Fsp3) is 0.353. The molecule has 3 rings (SSSR count). The van der Waals surface area contributed by atoms with Gasteiger partial charge in [-0.1, -0.05) is 5.16 Å². The minimum atomic E-state index is -3.85. The summed E-state index contributed by atoms with van der Waals surface area (Å²) in [5.74, 6) is -2.33. The molecule has 2 heterocycles. The lowest BCUT2D eigenvalue weighted by Gasteiger charge is -2.22. The van der Waals surface area contributed by atoms with Crippen LogP contribution in [0.3, 0.4) is 0 Å². The minimum Gasteiger partial charge on any atom is -0.493 e. The van der Waals surface area contributed by atoms with Gasteiger partial charge in [0.2, 0.25) is 5.88 Å². The molecule has 1 aliphatic heterocycles. The van der Waals surface area contributed by atoms with E-state index in [-0.39, 0.29) is 46.0 Å². The standard InChI is InChI=1S/C17H18FN3O5S/c1-4-21-17(23)11(8-19-21)15(22)10-7-12(18)16-14(9(10)2)13(20-26-3)5-6-27(16,24)25/h7-8,23H,4-6H2,1-3H3/b20-13+. The fourth-order valence-electron chi connectivity index (χ4n) is 3.19. The second-order valence-electron chi connectivity index (χ2n) is 6.05. The van der Waals surface area contributed by atoms with Gasteiger partial charge >= 0.3 is 0 Å². The van der Waals surface area contributed by atoms with Crippen molar-refractivity contribution >= 4 is 21.3 Å². The normalized spacial score (nSPS) is 17.0. The Morgan fingerprint density at radius 1 is 1.44 bits per heavy atom. The van der Waals surface area contributed by atoms with Gasteiger partial charge in [0, 0.05) is 24.1 Å². The first-order valence-electron chi connectivity index (χ1n) is 8.18. The van der Waals surface area contributed by atoms with Crippen LogP contribution in [0.4, 0.5) is 4.39 Å². The van der Waals surface area contributed by atoms with Crippen molar-refractivity contribution in [2.45, 2.75) is 31.7 Å². The first-order chi connectivity index (χ1) is 12.7. The summed E-state index contributed by atoms with van der Waals surface area (Å²) >= 11 is 0. The van der Waals surface area contributed by atoms with Crippen molar-refractivity contribution in [2.24, 2.45) is 5.16 Å². The predicted octanol–water partition coefficient (Wildman–Crippen LogP) is 1.82. The average Bonchev–Trinajstić information content (AvgIpc) is 2.99. The topological polar surface area (TPSA) is 111 Å². The Bertz CT molecular complexity index is 1070. The van der Waals surface area contributed by atoms with Crippen LogP contribution in [-0.2, 0) is 21.2 Å². The summed E-state index contributed by atoms with van der Waals surface area (Å²) in [6.07, 6.45) is 1.24. The molecule has 2 aromatic rings. The molecule has 0 unspecified atom stereocenters. The van der Waals surface area contributed by atoms with Gasteiger partial charge < -0.3 is 9.94 Å². The molecule has 0 fully saturated rings. The summed E-state index contributed by atoms with van der Waals surface area (Å²) in [4.78, 5) is 17.2. The Balaban J connectivity index is 2.27. The van der Waals surface area contributed by atoms with E-state index in [1.165, 1.54) is 24.9 Å². The maximum atomic E-state index is 14.8. The molecule has 27 heavy (non-hydrogen) atoms. The number of carbonyl (C=O) groups is 1. The summed E-state index contributed by atoms with van der Waals surface area (Å²) in [6.45, 7) is 3.60.